The molecule has 1 rings (SSSR count). The van der Waals surface area contributed by atoms with Gasteiger partial charge in [-0.2, -0.15) is 0 Å². The van der Waals surface area contributed by atoms with E-state index in [1.54, 1.807) is 12.1 Å². The molecule has 1 aromatic heterocycles. The minimum atomic E-state index is -0.287. The zero-order chi connectivity index (χ0) is 12.8. The highest BCUT2D eigenvalue weighted by atomic mass is 35.5. The van der Waals surface area contributed by atoms with Gasteiger partial charge in [-0.15, -0.1) is 0 Å². The van der Waals surface area contributed by atoms with Gasteiger partial charge in [-0.3, -0.25) is 9.69 Å². The van der Waals surface area contributed by atoms with Crippen LogP contribution in [0.1, 0.15) is 12.6 Å². The predicted molar refractivity (Wildman–Crippen MR) is 67.2 cm³/mol. The van der Waals surface area contributed by atoms with Gasteiger partial charge in [0.1, 0.15) is 5.15 Å². The summed E-state index contributed by atoms with van der Waals surface area (Å²) in [4.78, 5) is 17.2. The Balaban J connectivity index is 2.73. The van der Waals surface area contributed by atoms with Crippen molar-refractivity contribution in [2.75, 3.05) is 20.2 Å². The Hall–Kier alpha value is -0.840. The van der Waals surface area contributed by atoms with E-state index in [0.29, 0.717) is 29.0 Å². The van der Waals surface area contributed by atoms with Crippen molar-refractivity contribution in [2.24, 2.45) is 0 Å². The number of methoxy groups -OCH3 is 1. The van der Waals surface area contributed by atoms with Gasteiger partial charge in [0, 0.05) is 6.54 Å². The largest absolute Gasteiger partial charge is 0.468 e. The highest BCUT2D eigenvalue weighted by Gasteiger charge is 2.12. The Bertz CT molecular complexity index is 399. The van der Waals surface area contributed by atoms with Gasteiger partial charge < -0.3 is 4.74 Å². The number of ether oxygens (including phenoxy) is 1. The number of esters is 1. The molecule has 0 N–H and O–H groups in total. The van der Waals surface area contributed by atoms with Crippen LogP contribution in [0.2, 0.25) is 10.2 Å². The lowest BCUT2D eigenvalue weighted by atomic mass is 10.3. The number of hydrogen-bond donors (Lipinski definition) is 0. The number of hydrogen-bond acceptors (Lipinski definition) is 4. The fourth-order valence-corrected chi connectivity index (χ4v) is 1.64. The van der Waals surface area contributed by atoms with Gasteiger partial charge in [-0.05, 0) is 18.7 Å². The van der Waals surface area contributed by atoms with E-state index in [0.717, 1.165) is 0 Å². The van der Waals surface area contributed by atoms with Crippen molar-refractivity contribution in [3.8, 4) is 0 Å². The minimum absolute atomic E-state index is 0.206. The van der Waals surface area contributed by atoms with Gasteiger partial charge >= 0.3 is 5.97 Å². The lowest BCUT2D eigenvalue weighted by molar-refractivity contribution is -0.142. The number of nitrogens with zero attached hydrogens (tertiary/aromatic N) is 2. The molecule has 4 nitrogen and oxygen atoms in total. The molecule has 0 bridgehead atoms. The van der Waals surface area contributed by atoms with Crippen LogP contribution in [0.15, 0.2) is 12.1 Å². The molecule has 0 saturated carbocycles. The third kappa shape index (κ3) is 4.50. The Morgan fingerprint density at radius 2 is 2.18 bits per heavy atom. The number of halogens is 2. The summed E-state index contributed by atoms with van der Waals surface area (Å²) in [5.74, 6) is -0.287. The Morgan fingerprint density at radius 3 is 2.76 bits per heavy atom. The normalized spacial score (nSPS) is 10.6. The second-order valence-electron chi connectivity index (χ2n) is 3.44. The standard InChI is InChI=1S/C11H14Cl2N2O2/c1-3-15(7-11(16)17-2)6-9-8(12)4-5-10(13)14-9/h4-5H,3,6-7H2,1-2H3. The monoisotopic (exact) mass is 276 g/mol. The predicted octanol–water partition coefficient (Wildman–Crippen LogP) is 2.38. The van der Waals surface area contributed by atoms with Crippen molar-refractivity contribution >= 4 is 29.2 Å². The summed E-state index contributed by atoms with van der Waals surface area (Å²) in [6.07, 6.45) is 0. The first-order chi connectivity index (χ1) is 8.06. The summed E-state index contributed by atoms with van der Waals surface area (Å²) >= 11 is 11.8. The molecule has 0 saturated heterocycles. The van der Waals surface area contributed by atoms with E-state index >= 15 is 0 Å². The van der Waals surface area contributed by atoms with E-state index in [2.05, 4.69) is 9.72 Å². The highest BCUT2D eigenvalue weighted by Crippen LogP contribution is 2.18. The van der Waals surface area contributed by atoms with Crippen molar-refractivity contribution < 1.29 is 9.53 Å². The Labute approximate surface area is 110 Å². The fraction of sp³-hybridized carbons (Fsp3) is 0.455. The first kappa shape index (κ1) is 14.2. The molecule has 94 valence electrons. The first-order valence-corrected chi connectivity index (χ1v) is 5.92. The molecule has 1 aromatic rings. The number of carbonyl (C=O) groups is 1. The van der Waals surface area contributed by atoms with E-state index in [-0.39, 0.29) is 12.5 Å². The smallest absolute Gasteiger partial charge is 0.319 e. The van der Waals surface area contributed by atoms with Crippen LogP contribution in [0.5, 0.6) is 0 Å². The lowest BCUT2D eigenvalue weighted by Crippen LogP contribution is -2.30. The van der Waals surface area contributed by atoms with Crippen molar-refractivity contribution in [1.82, 2.24) is 9.88 Å². The summed E-state index contributed by atoms with van der Waals surface area (Å²) in [5, 5.41) is 0.927. The van der Waals surface area contributed by atoms with Gasteiger partial charge in [0.15, 0.2) is 0 Å². The van der Waals surface area contributed by atoms with E-state index in [4.69, 9.17) is 23.2 Å². The van der Waals surface area contributed by atoms with Crippen molar-refractivity contribution in [1.29, 1.82) is 0 Å². The topological polar surface area (TPSA) is 42.4 Å². The zero-order valence-corrected chi connectivity index (χ0v) is 11.3. The molecule has 6 heteroatoms. The highest BCUT2D eigenvalue weighted by molar-refractivity contribution is 6.32. The van der Waals surface area contributed by atoms with Crippen molar-refractivity contribution in [2.45, 2.75) is 13.5 Å². The molecular weight excluding hydrogens is 263 g/mol. The second-order valence-corrected chi connectivity index (χ2v) is 4.24. The Kier molecular flexibility index (Phi) is 5.68. The lowest BCUT2D eigenvalue weighted by Gasteiger charge is -2.18. The number of aromatic nitrogens is 1. The average Bonchev–Trinajstić information content (AvgIpc) is 2.32. The maximum atomic E-state index is 11.2. The summed E-state index contributed by atoms with van der Waals surface area (Å²) in [5.41, 5.74) is 0.657. The quantitative estimate of drug-likeness (QED) is 0.612. The van der Waals surface area contributed by atoms with Crippen LogP contribution in [-0.4, -0.2) is 36.1 Å². The SMILES string of the molecule is CCN(CC(=O)OC)Cc1nc(Cl)ccc1Cl. The van der Waals surface area contributed by atoms with E-state index < -0.39 is 0 Å². The second kappa shape index (κ2) is 6.79. The summed E-state index contributed by atoms with van der Waals surface area (Å²) < 4.78 is 4.61. The van der Waals surface area contributed by atoms with Crippen LogP contribution >= 0.6 is 23.2 Å². The fourth-order valence-electron chi connectivity index (χ4n) is 1.31. The molecule has 0 unspecified atom stereocenters. The molecule has 0 aliphatic heterocycles. The molecule has 0 aliphatic rings. The first-order valence-electron chi connectivity index (χ1n) is 5.17. The van der Waals surface area contributed by atoms with Gasteiger partial charge in [0.05, 0.1) is 24.4 Å². The van der Waals surface area contributed by atoms with Crippen LogP contribution in [0.4, 0.5) is 0 Å². The van der Waals surface area contributed by atoms with Crippen LogP contribution in [0.3, 0.4) is 0 Å². The van der Waals surface area contributed by atoms with E-state index in [1.165, 1.54) is 7.11 Å². The molecule has 0 radical (unpaired) electrons. The molecule has 0 aromatic carbocycles. The average molecular weight is 277 g/mol. The third-order valence-corrected chi connectivity index (χ3v) is 2.84. The van der Waals surface area contributed by atoms with Crippen LogP contribution in [-0.2, 0) is 16.1 Å². The van der Waals surface area contributed by atoms with Crippen molar-refractivity contribution in [3.05, 3.63) is 28.0 Å². The molecule has 1 heterocycles. The van der Waals surface area contributed by atoms with Crippen LogP contribution < -0.4 is 0 Å². The maximum absolute atomic E-state index is 11.2. The van der Waals surface area contributed by atoms with Gasteiger partial charge in [0.2, 0.25) is 0 Å². The summed E-state index contributed by atoms with van der Waals surface area (Å²) in [6, 6.07) is 3.32. The molecule has 0 spiro atoms. The Morgan fingerprint density at radius 1 is 1.47 bits per heavy atom. The molecule has 0 amide bonds. The maximum Gasteiger partial charge on any atom is 0.319 e. The van der Waals surface area contributed by atoms with Crippen LogP contribution in [0.25, 0.3) is 0 Å². The van der Waals surface area contributed by atoms with Gasteiger partial charge in [0.25, 0.3) is 0 Å². The zero-order valence-electron chi connectivity index (χ0n) is 9.74. The van der Waals surface area contributed by atoms with E-state index in [1.807, 2.05) is 11.8 Å². The number of pyridine rings is 1. The van der Waals surface area contributed by atoms with Crippen LogP contribution in [0, 0.1) is 0 Å². The summed E-state index contributed by atoms with van der Waals surface area (Å²) in [6.45, 7) is 3.31. The molecule has 0 atom stereocenters. The van der Waals surface area contributed by atoms with Crippen molar-refractivity contribution in [3.63, 3.8) is 0 Å². The van der Waals surface area contributed by atoms with E-state index in [9.17, 15) is 4.79 Å². The number of rotatable bonds is 5. The van der Waals surface area contributed by atoms with Gasteiger partial charge in [-0.25, -0.2) is 4.98 Å². The number of carbonyl (C=O) groups excluding carboxylic acids is 1. The molecule has 0 aliphatic carbocycles. The molecule has 17 heavy (non-hydrogen) atoms. The molecule has 0 fully saturated rings. The van der Waals surface area contributed by atoms with Gasteiger partial charge in [-0.1, -0.05) is 30.1 Å². The third-order valence-electron chi connectivity index (χ3n) is 2.29. The summed E-state index contributed by atoms with van der Waals surface area (Å²) in [7, 11) is 1.36. The minimum Gasteiger partial charge on any atom is -0.468 e. The number of likely N-dealkylation sites (N-methyl/N-ethyl adjacent to an activating group) is 1. The molecular formula is C11H14Cl2N2O2.